The van der Waals surface area contributed by atoms with Crippen LogP contribution >= 0.6 is 11.6 Å². The summed E-state index contributed by atoms with van der Waals surface area (Å²) in [5.74, 6) is -2.70. The number of halogens is 3. The van der Waals surface area contributed by atoms with Crippen LogP contribution in [0.1, 0.15) is 27.2 Å². The van der Waals surface area contributed by atoms with E-state index in [2.05, 4.69) is 4.98 Å². The van der Waals surface area contributed by atoms with Crippen LogP contribution in [0.3, 0.4) is 0 Å². The summed E-state index contributed by atoms with van der Waals surface area (Å²) in [5, 5.41) is 9.61. The highest BCUT2D eigenvalue weighted by Gasteiger charge is 2.21. The van der Waals surface area contributed by atoms with Crippen LogP contribution in [0.25, 0.3) is 11.1 Å². The van der Waals surface area contributed by atoms with Crippen LogP contribution in [0, 0.1) is 18.6 Å². The summed E-state index contributed by atoms with van der Waals surface area (Å²) < 4.78 is 29.6. The second kappa shape index (κ2) is 7.22. The summed E-state index contributed by atoms with van der Waals surface area (Å²) in [7, 11) is 0. The lowest BCUT2D eigenvalue weighted by Gasteiger charge is -2.14. The van der Waals surface area contributed by atoms with Gasteiger partial charge in [0.15, 0.2) is 0 Å². The van der Waals surface area contributed by atoms with Gasteiger partial charge in [-0.2, -0.15) is 0 Å². The first kappa shape index (κ1) is 18.0. The van der Waals surface area contributed by atoms with Gasteiger partial charge >= 0.3 is 5.97 Å². The first-order valence-electron chi connectivity index (χ1n) is 7.79. The number of aromatic nitrogens is 1. The van der Waals surface area contributed by atoms with Gasteiger partial charge in [-0.15, -0.1) is 0 Å². The van der Waals surface area contributed by atoms with Crippen LogP contribution in [-0.2, 0) is 6.42 Å². The Balaban J connectivity index is 2.10. The average Bonchev–Trinajstić information content (AvgIpc) is 2.62. The molecule has 1 aromatic heterocycles. The van der Waals surface area contributed by atoms with Crippen molar-refractivity contribution in [2.75, 3.05) is 0 Å². The van der Waals surface area contributed by atoms with Gasteiger partial charge in [0, 0.05) is 28.8 Å². The number of rotatable bonds is 4. The summed E-state index contributed by atoms with van der Waals surface area (Å²) in [6.45, 7) is 1.54. The molecule has 0 spiro atoms. The van der Waals surface area contributed by atoms with Gasteiger partial charge in [-0.1, -0.05) is 29.8 Å². The van der Waals surface area contributed by atoms with E-state index in [1.807, 2.05) is 0 Å². The van der Waals surface area contributed by atoms with Gasteiger partial charge in [0.05, 0.1) is 11.3 Å². The van der Waals surface area contributed by atoms with Gasteiger partial charge in [-0.3, -0.25) is 4.98 Å². The lowest BCUT2D eigenvalue weighted by atomic mass is 9.94. The number of hydrogen-bond donors (Lipinski definition) is 1. The van der Waals surface area contributed by atoms with E-state index in [0.29, 0.717) is 16.1 Å². The standard InChI is InChI=1S/C20H14ClF2NO2/c1-11-14(12-5-2-3-7-16(12)21)9-17(22)15(19(11)23)10-18-13(20(25)26)6-4-8-24-18/h2-9H,10H2,1H3,(H,25,26). The minimum absolute atomic E-state index is 0.0841. The summed E-state index contributed by atoms with van der Waals surface area (Å²) in [6.07, 6.45) is 1.13. The molecule has 0 bridgehead atoms. The van der Waals surface area contributed by atoms with E-state index in [-0.39, 0.29) is 28.8 Å². The third-order valence-electron chi connectivity index (χ3n) is 4.19. The van der Waals surface area contributed by atoms with Crippen LogP contribution in [0.4, 0.5) is 8.78 Å². The Morgan fingerprint density at radius 3 is 2.58 bits per heavy atom. The highest BCUT2D eigenvalue weighted by molar-refractivity contribution is 6.33. The van der Waals surface area contributed by atoms with Crippen LogP contribution in [-0.4, -0.2) is 16.1 Å². The van der Waals surface area contributed by atoms with Gasteiger partial charge in [0.1, 0.15) is 11.6 Å². The highest BCUT2D eigenvalue weighted by Crippen LogP contribution is 2.34. The SMILES string of the molecule is Cc1c(-c2ccccc2Cl)cc(F)c(Cc2ncccc2C(=O)O)c1F. The zero-order valence-electron chi connectivity index (χ0n) is 13.8. The van der Waals surface area contributed by atoms with Crippen LogP contribution < -0.4 is 0 Å². The van der Waals surface area contributed by atoms with Crippen molar-refractivity contribution in [2.45, 2.75) is 13.3 Å². The first-order valence-corrected chi connectivity index (χ1v) is 8.17. The molecule has 0 atom stereocenters. The number of benzene rings is 2. The van der Waals surface area contributed by atoms with Crippen molar-refractivity contribution in [3.63, 3.8) is 0 Å². The second-order valence-electron chi connectivity index (χ2n) is 5.78. The minimum Gasteiger partial charge on any atom is -0.478 e. The molecule has 1 N–H and O–H groups in total. The molecule has 132 valence electrons. The van der Waals surface area contributed by atoms with Crippen molar-refractivity contribution in [1.82, 2.24) is 4.98 Å². The molecule has 2 aromatic carbocycles. The quantitative estimate of drug-likeness (QED) is 0.677. The molecule has 0 aliphatic rings. The predicted molar refractivity (Wildman–Crippen MR) is 95.5 cm³/mol. The van der Waals surface area contributed by atoms with E-state index in [4.69, 9.17) is 11.6 Å². The van der Waals surface area contributed by atoms with Crippen LogP contribution in [0.5, 0.6) is 0 Å². The molecule has 0 aliphatic heterocycles. The molecule has 0 unspecified atom stereocenters. The van der Waals surface area contributed by atoms with Crippen molar-refractivity contribution >= 4 is 17.6 Å². The monoisotopic (exact) mass is 373 g/mol. The highest BCUT2D eigenvalue weighted by atomic mass is 35.5. The van der Waals surface area contributed by atoms with E-state index in [1.54, 1.807) is 24.3 Å². The van der Waals surface area contributed by atoms with Crippen molar-refractivity contribution in [3.8, 4) is 11.1 Å². The zero-order chi connectivity index (χ0) is 18.8. The Kier molecular flexibility index (Phi) is 5.00. The number of carboxylic acid groups (broad SMARTS) is 1. The summed E-state index contributed by atoms with van der Waals surface area (Å²) in [5.41, 5.74) is 0.914. The number of carbonyl (C=O) groups is 1. The molecule has 0 saturated heterocycles. The van der Waals surface area contributed by atoms with Gasteiger partial charge < -0.3 is 5.11 Å². The van der Waals surface area contributed by atoms with Gasteiger partial charge in [0.2, 0.25) is 0 Å². The topological polar surface area (TPSA) is 50.2 Å². The molecule has 0 radical (unpaired) electrons. The average molecular weight is 374 g/mol. The molecular formula is C20H14ClF2NO2. The number of aromatic carboxylic acids is 1. The number of pyridine rings is 1. The van der Waals surface area contributed by atoms with E-state index in [9.17, 15) is 18.7 Å². The second-order valence-corrected chi connectivity index (χ2v) is 6.19. The predicted octanol–water partition coefficient (Wildman–Crippen LogP) is 5.28. The van der Waals surface area contributed by atoms with E-state index < -0.39 is 17.6 Å². The fourth-order valence-electron chi connectivity index (χ4n) is 2.83. The number of hydrogen-bond acceptors (Lipinski definition) is 2. The lowest BCUT2D eigenvalue weighted by molar-refractivity contribution is 0.0695. The third-order valence-corrected chi connectivity index (χ3v) is 4.52. The van der Waals surface area contributed by atoms with Gasteiger partial charge in [-0.05, 0) is 42.3 Å². The maximum Gasteiger partial charge on any atom is 0.337 e. The van der Waals surface area contributed by atoms with Crippen LogP contribution in [0.2, 0.25) is 5.02 Å². The molecule has 6 heteroatoms. The van der Waals surface area contributed by atoms with Crippen molar-refractivity contribution in [3.05, 3.63) is 87.7 Å². The molecule has 0 fully saturated rings. The molecule has 0 amide bonds. The molecule has 1 heterocycles. The number of carboxylic acids is 1. The van der Waals surface area contributed by atoms with E-state index >= 15 is 0 Å². The van der Waals surface area contributed by atoms with Crippen LogP contribution in [0.15, 0.2) is 48.7 Å². The third kappa shape index (κ3) is 3.30. The Hall–Kier alpha value is -2.79. The smallest absolute Gasteiger partial charge is 0.337 e. The maximum atomic E-state index is 14.9. The molecule has 3 nitrogen and oxygen atoms in total. The Morgan fingerprint density at radius 2 is 1.88 bits per heavy atom. The fourth-order valence-corrected chi connectivity index (χ4v) is 3.07. The Labute approximate surface area is 153 Å². The van der Waals surface area contributed by atoms with E-state index in [1.165, 1.54) is 31.3 Å². The molecule has 3 rings (SSSR count). The fraction of sp³-hybridized carbons (Fsp3) is 0.100. The largest absolute Gasteiger partial charge is 0.478 e. The minimum atomic E-state index is -1.20. The first-order chi connectivity index (χ1) is 12.4. The van der Waals surface area contributed by atoms with Crippen molar-refractivity contribution < 1.29 is 18.7 Å². The van der Waals surface area contributed by atoms with Crippen molar-refractivity contribution in [1.29, 1.82) is 0 Å². The number of nitrogens with zero attached hydrogens (tertiary/aromatic N) is 1. The van der Waals surface area contributed by atoms with Gasteiger partial charge in [0.25, 0.3) is 0 Å². The molecular weight excluding hydrogens is 360 g/mol. The summed E-state index contributed by atoms with van der Waals surface area (Å²) in [6, 6.07) is 10.8. The summed E-state index contributed by atoms with van der Waals surface area (Å²) >= 11 is 6.14. The Bertz CT molecular complexity index is 1010. The zero-order valence-corrected chi connectivity index (χ0v) is 14.5. The molecule has 26 heavy (non-hydrogen) atoms. The summed E-state index contributed by atoms with van der Waals surface area (Å²) in [4.78, 5) is 15.2. The van der Waals surface area contributed by atoms with E-state index in [0.717, 1.165) is 0 Å². The molecule has 0 saturated carbocycles. The molecule has 3 aromatic rings. The van der Waals surface area contributed by atoms with Gasteiger partial charge in [-0.25, -0.2) is 13.6 Å². The molecule has 0 aliphatic carbocycles. The lowest BCUT2D eigenvalue weighted by Crippen LogP contribution is -2.08. The Morgan fingerprint density at radius 1 is 1.15 bits per heavy atom. The normalized spacial score (nSPS) is 10.8. The van der Waals surface area contributed by atoms with Crippen molar-refractivity contribution in [2.24, 2.45) is 0 Å². The maximum absolute atomic E-state index is 14.9.